The first-order chi connectivity index (χ1) is 20.3. The third kappa shape index (κ3) is 28.2. The van der Waals surface area contributed by atoms with Crippen LogP contribution in [-0.4, -0.2) is 58.8 Å². The molecule has 42 heavy (non-hydrogen) atoms. The monoisotopic (exact) mass is 595 g/mol. The Morgan fingerprint density at radius 3 is 1.21 bits per heavy atom. The molecule has 0 aliphatic carbocycles. The highest BCUT2D eigenvalue weighted by Crippen LogP contribution is 2.18. The summed E-state index contributed by atoms with van der Waals surface area (Å²) in [5, 5.41) is 29.1. The van der Waals surface area contributed by atoms with Crippen molar-refractivity contribution in [3.05, 3.63) is 12.2 Å². The number of carbonyl (C=O) groups is 3. The fourth-order valence-electron chi connectivity index (χ4n) is 5.94. The Bertz CT molecular complexity index is 643. The number of hydrogen-bond acceptors (Lipinski definition) is 4. The zero-order valence-corrected chi connectivity index (χ0v) is 27.1. The van der Waals surface area contributed by atoms with Crippen LogP contribution in [0.15, 0.2) is 12.2 Å². The van der Waals surface area contributed by atoms with E-state index in [9.17, 15) is 19.5 Å². The summed E-state index contributed by atoms with van der Waals surface area (Å²) in [4.78, 5) is 33.1. The minimum atomic E-state index is -1.08. The molecule has 0 fully saturated rings. The maximum Gasteiger partial charge on any atom is 0.303 e. The third-order valence-corrected chi connectivity index (χ3v) is 8.45. The van der Waals surface area contributed by atoms with Crippen LogP contribution in [-0.2, 0) is 14.4 Å². The van der Waals surface area contributed by atoms with Gasteiger partial charge in [-0.2, -0.15) is 0 Å². The largest absolute Gasteiger partial charge is 0.550 e. The van der Waals surface area contributed by atoms with Crippen LogP contribution in [0.5, 0.6) is 0 Å². The molecule has 7 nitrogen and oxygen atoms in total. The molecular formula is C35H65NO6. The molecule has 0 aromatic rings. The van der Waals surface area contributed by atoms with Crippen LogP contribution in [0.2, 0.25) is 0 Å². The summed E-state index contributed by atoms with van der Waals surface area (Å²) in [6, 6.07) is 0. The van der Waals surface area contributed by atoms with Gasteiger partial charge in [0.05, 0.1) is 39.0 Å². The molecule has 0 aliphatic rings. The molecule has 7 heteroatoms. The molecule has 0 atom stereocenters. The van der Waals surface area contributed by atoms with E-state index in [2.05, 4.69) is 19.1 Å². The van der Waals surface area contributed by atoms with Gasteiger partial charge in [-0.25, -0.2) is 0 Å². The molecule has 0 bridgehead atoms. The fourth-order valence-corrected chi connectivity index (χ4v) is 5.94. The number of quaternary nitrogens is 1. The van der Waals surface area contributed by atoms with E-state index in [1.807, 2.05) is 0 Å². The van der Waals surface area contributed by atoms with Gasteiger partial charge in [0.1, 0.15) is 0 Å². The molecule has 0 spiro atoms. The van der Waals surface area contributed by atoms with E-state index in [4.69, 9.17) is 10.2 Å². The maximum atomic E-state index is 11.1. The van der Waals surface area contributed by atoms with Crippen molar-refractivity contribution in [1.82, 2.24) is 0 Å². The lowest BCUT2D eigenvalue weighted by Gasteiger charge is -2.39. The molecular weight excluding hydrogens is 530 g/mol. The van der Waals surface area contributed by atoms with Gasteiger partial charge in [0.2, 0.25) is 0 Å². The van der Waals surface area contributed by atoms with Gasteiger partial charge in [0.15, 0.2) is 0 Å². The van der Waals surface area contributed by atoms with Gasteiger partial charge in [-0.3, -0.25) is 9.59 Å². The number of carboxylic acid groups (broad SMARTS) is 3. The number of rotatable bonds is 33. The maximum absolute atomic E-state index is 11.1. The van der Waals surface area contributed by atoms with E-state index in [0.717, 1.165) is 38.6 Å². The van der Waals surface area contributed by atoms with Crippen molar-refractivity contribution in [3.63, 3.8) is 0 Å². The van der Waals surface area contributed by atoms with Crippen LogP contribution in [0, 0.1) is 0 Å². The minimum absolute atomic E-state index is 0.0258. The summed E-state index contributed by atoms with van der Waals surface area (Å²) in [6.07, 6.45) is 30.9. The van der Waals surface area contributed by atoms with Crippen molar-refractivity contribution >= 4 is 17.9 Å². The quantitative estimate of drug-likeness (QED) is 0.0451. The summed E-state index contributed by atoms with van der Waals surface area (Å²) >= 11 is 0. The summed E-state index contributed by atoms with van der Waals surface area (Å²) in [5.41, 5.74) is 0. The van der Waals surface area contributed by atoms with E-state index < -0.39 is 17.9 Å². The fraction of sp³-hybridized carbons (Fsp3) is 0.857. The van der Waals surface area contributed by atoms with Crippen molar-refractivity contribution in [1.29, 1.82) is 0 Å². The zero-order valence-electron chi connectivity index (χ0n) is 27.1. The second kappa shape index (κ2) is 29.2. The summed E-state index contributed by atoms with van der Waals surface area (Å²) in [6.45, 7) is 4.99. The van der Waals surface area contributed by atoms with Crippen LogP contribution in [0.3, 0.4) is 0 Å². The predicted molar refractivity (Wildman–Crippen MR) is 170 cm³/mol. The number of hydrogen-bond donors (Lipinski definition) is 2. The molecule has 0 aromatic heterocycles. The van der Waals surface area contributed by atoms with Crippen molar-refractivity contribution in [2.75, 3.05) is 26.2 Å². The second-order valence-corrected chi connectivity index (χ2v) is 12.4. The van der Waals surface area contributed by atoms with Crippen LogP contribution >= 0.6 is 0 Å². The van der Waals surface area contributed by atoms with Crippen LogP contribution in [0.25, 0.3) is 0 Å². The molecule has 246 valence electrons. The van der Waals surface area contributed by atoms with Crippen molar-refractivity contribution in [2.45, 2.75) is 167 Å². The average Bonchev–Trinajstić information content (AvgIpc) is 2.93. The van der Waals surface area contributed by atoms with Gasteiger partial charge in [0.25, 0.3) is 0 Å². The van der Waals surface area contributed by atoms with E-state index in [1.165, 1.54) is 89.9 Å². The molecule has 0 saturated carbocycles. The molecule has 2 N–H and O–H groups in total. The summed E-state index contributed by atoms with van der Waals surface area (Å²) < 4.78 is 0.600. The first kappa shape index (κ1) is 40.1. The van der Waals surface area contributed by atoms with Gasteiger partial charge in [-0.15, -0.1) is 0 Å². The number of carbonyl (C=O) groups excluding carboxylic acids is 1. The van der Waals surface area contributed by atoms with Crippen LogP contribution < -0.4 is 5.11 Å². The summed E-state index contributed by atoms with van der Waals surface area (Å²) in [7, 11) is 0. The Hall–Kier alpha value is -1.89. The number of unbranched alkanes of at least 4 members (excludes halogenated alkanes) is 17. The Labute approximate surface area is 257 Å². The molecule has 0 aromatic carbocycles. The number of allylic oxidation sites excluding steroid dienone is 2. The molecule has 0 radical (unpaired) electrons. The molecule has 0 heterocycles. The van der Waals surface area contributed by atoms with Gasteiger partial charge in [-0.1, -0.05) is 103 Å². The second-order valence-electron chi connectivity index (χ2n) is 12.4. The standard InChI is InChI=1S/C35H65NO6/c1-2-3-4-5-6-7-8-9-10-11-12-13-14-15-16-17-18-19-20-21-22-29-36(30-23-26-33(37)38,31-24-27-34(39)40)32-25-28-35(41)42/h17-18H,2-16,19-32H2,1H3,(H2-,37,38,39,40,41,42)/b18-17+. The van der Waals surface area contributed by atoms with Crippen molar-refractivity contribution in [2.24, 2.45) is 0 Å². The lowest BCUT2D eigenvalue weighted by Crippen LogP contribution is -2.51. The zero-order chi connectivity index (χ0) is 31.2. The van der Waals surface area contributed by atoms with Crippen molar-refractivity contribution < 1.29 is 34.2 Å². The van der Waals surface area contributed by atoms with Gasteiger partial charge >= 0.3 is 11.9 Å². The summed E-state index contributed by atoms with van der Waals surface area (Å²) in [5.74, 6) is -2.76. The van der Waals surface area contributed by atoms with Gasteiger partial charge in [-0.05, 0) is 44.9 Å². The molecule has 0 saturated heterocycles. The lowest BCUT2D eigenvalue weighted by atomic mass is 10.0. The number of carboxylic acids is 3. The molecule has 0 amide bonds. The highest BCUT2D eigenvalue weighted by atomic mass is 16.4. The van der Waals surface area contributed by atoms with E-state index in [0.29, 0.717) is 43.4 Å². The normalized spacial score (nSPS) is 11.8. The first-order valence-corrected chi connectivity index (χ1v) is 17.4. The van der Waals surface area contributed by atoms with E-state index >= 15 is 0 Å². The molecule has 0 rings (SSSR count). The number of aliphatic carboxylic acids is 3. The third-order valence-electron chi connectivity index (χ3n) is 8.45. The number of nitrogens with zero attached hydrogens (tertiary/aromatic N) is 1. The van der Waals surface area contributed by atoms with Crippen molar-refractivity contribution in [3.8, 4) is 0 Å². The van der Waals surface area contributed by atoms with E-state index in [1.54, 1.807) is 0 Å². The van der Waals surface area contributed by atoms with Gasteiger partial charge in [0, 0.05) is 25.2 Å². The molecule has 0 aliphatic heterocycles. The Morgan fingerprint density at radius 2 is 0.833 bits per heavy atom. The minimum Gasteiger partial charge on any atom is -0.550 e. The average molecular weight is 596 g/mol. The SMILES string of the molecule is CCCCCCCCCCCCCCCC/C=C/CCCCC[N+](CCCC(=O)[O-])(CCCC(=O)O)CCCC(=O)O. The highest BCUT2D eigenvalue weighted by molar-refractivity contribution is 5.66. The van der Waals surface area contributed by atoms with Gasteiger partial charge < -0.3 is 24.6 Å². The highest BCUT2D eigenvalue weighted by Gasteiger charge is 2.26. The first-order valence-electron chi connectivity index (χ1n) is 17.4. The lowest BCUT2D eigenvalue weighted by molar-refractivity contribution is -0.929. The van der Waals surface area contributed by atoms with Crippen LogP contribution in [0.1, 0.15) is 167 Å². The van der Waals surface area contributed by atoms with Crippen LogP contribution in [0.4, 0.5) is 0 Å². The Morgan fingerprint density at radius 1 is 0.500 bits per heavy atom. The molecule has 0 unspecified atom stereocenters. The Kier molecular flexibility index (Phi) is 27.9. The topological polar surface area (TPSA) is 115 Å². The van der Waals surface area contributed by atoms with E-state index in [-0.39, 0.29) is 19.3 Å². The predicted octanol–water partition coefficient (Wildman–Crippen LogP) is 8.05. The Balaban J connectivity index is 4.08. The smallest absolute Gasteiger partial charge is 0.303 e.